The Bertz CT molecular complexity index is 386. The van der Waals surface area contributed by atoms with E-state index in [-0.39, 0.29) is 5.56 Å². The normalized spacial score (nSPS) is 13.4. The van der Waals surface area contributed by atoms with Crippen molar-refractivity contribution >= 4 is 0 Å². The van der Waals surface area contributed by atoms with Crippen LogP contribution in [0.2, 0.25) is 0 Å². The third-order valence-electron chi connectivity index (χ3n) is 4.17. The molecule has 0 amide bonds. The first kappa shape index (κ1) is 18.1. The zero-order valence-electron chi connectivity index (χ0n) is 13.6. The van der Waals surface area contributed by atoms with Gasteiger partial charge in [-0.05, 0) is 25.6 Å². The summed E-state index contributed by atoms with van der Waals surface area (Å²) in [6.07, 6.45) is -0.0474. The molecule has 1 aromatic carbocycles. The minimum atomic E-state index is -2.39. The summed E-state index contributed by atoms with van der Waals surface area (Å²) >= 11 is 0. The summed E-state index contributed by atoms with van der Waals surface area (Å²) in [5.74, 6) is 0.675. The van der Waals surface area contributed by atoms with Gasteiger partial charge in [0.1, 0.15) is 0 Å². The Labute approximate surface area is 127 Å². The Hall–Kier alpha value is -1.00. The summed E-state index contributed by atoms with van der Waals surface area (Å²) in [4.78, 5) is 2.27. The predicted molar refractivity (Wildman–Crippen MR) is 84.7 cm³/mol. The first-order chi connectivity index (χ1) is 9.99. The van der Waals surface area contributed by atoms with E-state index in [1.54, 1.807) is 12.1 Å². The lowest BCUT2D eigenvalue weighted by atomic mass is 9.93. The summed E-state index contributed by atoms with van der Waals surface area (Å²) in [7, 11) is 4.23. The highest BCUT2D eigenvalue weighted by atomic mass is 19.3. The van der Waals surface area contributed by atoms with Crippen molar-refractivity contribution < 1.29 is 8.78 Å². The topological polar surface area (TPSA) is 15.3 Å². The van der Waals surface area contributed by atoms with Crippen molar-refractivity contribution in [1.29, 1.82) is 0 Å². The molecule has 0 heterocycles. The number of hydrogen-bond donors (Lipinski definition) is 1. The van der Waals surface area contributed by atoms with E-state index in [0.29, 0.717) is 18.5 Å². The molecule has 120 valence electrons. The molecule has 1 unspecified atom stereocenters. The molecule has 4 heteroatoms. The van der Waals surface area contributed by atoms with E-state index in [4.69, 9.17) is 0 Å². The van der Waals surface area contributed by atoms with Gasteiger partial charge in [0, 0.05) is 24.7 Å². The smallest absolute Gasteiger partial charge is 0.263 e. The second-order valence-electron chi connectivity index (χ2n) is 5.78. The second-order valence-corrected chi connectivity index (χ2v) is 5.78. The van der Waals surface area contributed by atoms with Crippen LogP contribution in [0.3, 0.4) is 0 Å². The molecule has 0 saturated carbocycles. The average molecular weight is 298 g/mol. The standard InChI is InChI=1S/C17H28F2N2/c1-5-14(6-2)16(21(3)4)12-20-11-13-7-9-15(10-8-13)17(18)19/h7-10,14,16-17,20H,5-6,11-12H2,1-4H3. The van der Waals surface area contributed by atoms with Gasteiger partial charge < -0.3 is 10.2 Å². The number of rotatable bonds is 9. The van der Waals surface area contributed by atoms with E-state index >= 15 is 0 Å². The Morgan fingerprint density at radius 3 is 2.05 bits per heavy atom. The molecular formula is C17H28F2N2. The second kappa shape index (κ2) is 9.11. The van der Waals surface area contributed by atoms with Gasteiger partial charge in [0.05, 0.1) is 0 Å². The summed E-state index contributed by atoms with van der Waals surface area (Å²) in [6.45, 7) is 6.09. The third-order valence-corrected chi connectivity index (χ3v) is 4.17. The molecule has 0 saturated heterocycles. The molecule has 2 nitrogen and oxygen atoms in total. The zero-order valence-corrected chi connectivity index (χ0v) is 13.6. The van der Waals surface area contributed by atoms with Crippen LogP contribution in [0.15, 0.2) is 24.3 Å². The van der Waals surface area contributed by atoms with Crippen LogP contribution in [0, 0.1) is 5.92 Å². The summed E-state index contributed by atoms with van der Waals surface area (Å²) in [5, 5.41) is 3.45. The fourth-order valence-corrected chi connectivity index (χ4v) is 2.75. The Morgan fingerprint density at radius 2 is 1.62 bits per heavy atom. The summed E-state index contributed by atoms with van der Waals surface area (Å²) < 4.78 is 25.0. The minimum absolute atomic E-state index is 0.0851. The number of nitrogens with zero attached hydrogens (tertiary/aromatic N) is 1. The molecule has 0 aromatic heterocycles. The number of nitrogens with one attached hydrogen (secondary N) is 1. The third kappa shape index (κ3) is 5.71. The van der Waals surface area contributed by atoms with E-state index in [1.165, 1.54) is 25.0 Å². The molecule has 0 radical (unpaired) electrons. The fourth-order valence-electron chi connectivity index (χ4n) is 2.75. The summed E-state index contributed by atoms with van der Waals surface area (Å²) in [6, 6.07) is 7.06. The molecule has 0 aliphatic heterocycles. The van der Waals surface area contributed by atoms with Crippen LogP contribution >= 0.6 is 0 Å². The van der Waals surface area contributed by atoms with Gasteiger partial charge in [-0.3, -0.25) is 0 Å². The maximum absolute atomic E-state index is 12.5. The number of halogens is 2. The van der Waals surface area contributed by atoms with Crippen molar-refractivity contribution in [3.05, 3.63) is 35.4 Å². The first-order valence-electron chi connectivity index (χ1n) is 7.73. The van der Waals surface area contributed by atoms with E-state index in [1.807, 2.05) is 0 Å². The van der Waals surface area contributed by atoms with Gasteiger partial charge in [-0.25, -0.2) is 8.78 Å². The van der Waals surface area contributed by atoms with Crippen LogP contribution in [-0.2, 0) is 6.54 Å². The van der Waals surface area contributed by atoms with Crippen molar-refractivity contribution in [2.24, 2.45) is 5.92 Å². The SMILES string of the molecule is CCC(CC)C(CNCc1ccc(C(F)F)cc1)N(C)C. The van der Waals surface area contributed by atoms with Crippen LogP contribution in [0.1, 0.15) is 44.2 Å². The van der Waals surface area contributed by atoms with Crippen molar-refractivity contribution in [3.63, 3.8) is 0 Å². The molecule has 1 N–H and O–H groups in total. The van der Waals surface area contributed by atoms with E-state index < -0.39 is 6.43 Å². The van der Waals surface area contributed by atoms with Gasteiger partial charge >= 0.3 is 0 Å². The van der Waals surface area contributed by atoms with Crippen LogP contribution in [0.25, 0.3) is 0 Å². The minimum Gasteiger partial charge on any atom is -0.311 e. The highest BCUT2D eigenvalue weighted by molar-refractivity contribution is 5.23. The van der Waals surface area contributed by atoms with Crippen LogP contribution in [0.5, 0.6) is 0 Å². The quantitative estimate of drug-likeness (QED) is 0.739. The Kier molecular flexibility index (Phi) is 7.83. The van der Waals surface area contributed by atoms with Gasteiger partial charge in [-0.2, -0.15) is 0 Å². The molecule has 0 fully saturated rings. The maximum atomic E-state index is 12.5. The molecule has 0 aliphatic rings. The molecule has 0 spiro atoms. The molecule has 1 aromatic rings. The van der Waals surface area contributed by atoms with E-state index in [9.17, 15) is 8.78 Å². The first-order valence-corrected chi connectivity index (χ1v) is 7.73. The molecule has 0 aliphatic carbocycles. The molecular weight excluding hydrogens is 270 g/mol. The molecule has 1 rings (SSSR count). The molecule has 21 heavy (non-hydrogen) atoms. The average Bonchev–Trinajstić information content (AvgIpc) is 2.47. The van der Waals surface area contributed by atoms with Crippen molar-refractivity contribution in [3.8, 4) is 0 Å². The molecule has 0 bridgehead atoms. The molecule has 1 atom stereocenters. The zero-order chi connectivity index (χ0) is 15.8. The van der Waals surface area contributed by atoms with Gasteiger partial charge in [0.15, 0.2) is 0 Å². The number of likely N-dealkylation sites (N-methyl/N-ethyl adjacent to an activating group) is 1. The van der Waals surface area contributed by atoms with Crippen molar-refractivity contribution in [2.75, 3.05) is 20.6 Å². The van der Waals surface area contributed by atoms with Gasteiger partial charge in [0.25, 0.3) is 6.43 Å². The van der Waals surface area contributed by atoms with E-state index in [0.717, 1.165) is 12.1 Å². The van der Waals surface area contributed by atoms with Crippen LogP contribution in [-0.4, -0.2) is 31.6 Å². The lowest BCUT2D eigenvalue weighted by molar-refractivity contribution is 0.151. The van der Waals surface area contributed by atoms with Gasteiger partial charge in [-0.15, -0.1) is 0 Å². The predicted octanol–water partition coefficient (Wildman–Crippen LogP) is 4.08. The number of hydrogen-bond acceptors (Lipinski definition) is 2. The van der Waals surface area contributed by atoms with Crippen molar-refractivity contribution in [2.45, 2.75) is 45.7 Å². The van der Waals surface area contributed by atoms with Crippen molar-refractivity contribution in [1.82, 2.24) is 10.2 Å². The Balaban J connectivity index is 2.50. The number of alkyl halides is 2. The van der Waals surface area contributed by atoms with Gasteiger partial charge in [-0.1, -0.05) is 51.0 Å². The largest absolute Gasteiger partial charge is 0.311 e. The lowest BCUT2D eigenvalue weighted by Crippen LogP contribution is -2.42. The maximum Gasteiger partial charge on any atom is 0.263 e. The number of benzene rings is 1. The fraction of sp³-hybridized carbons (Fsp3) is 0.647. The Morgan fingerprint density at radius 1 is 1.05 bits per heavy atom. The van der Waals surface area contributed by atoms with E-state index in [2.05, 4.69) is 38.2 Å². The van der Waals surface area contributed by atoms with Crippen LogP contribution < -0.4 is 5.32 Å². The monoisotopic (exact) mass is 298 g/mol. The van der Waals surface area contributed by atoms with Gasteiger partial charge in [0.2, 0.25) is 0 Å². The van der Waals surface area contributed by atoms with Crippen LogP contribution in [0.4, 0.5) is 8.78 Å². The summed E-state index contributed by atoms with van der Waals surface area (Å²) in [5.41, 5.74) is 1.13. The highest BCUT2D eigenvalue weighted by Gasteiger charge is 2.19. The lowest BCUT2D eigenvalue weighted by Gasteiger charge is -2.31. The highest BCUT2D eigenvalue weighted by Crippen LogP contribution is 2.19.